The molecule has 0 fully saturated rings. The number of carbonyl (C=O) groups excluding carboxylic acids is 2. The molecule has 8 nitrogen and oxygen atoms in total. The van der Waals surface area contributed by atoms with Crippen LogP contribution in [-0.4, -0.2) is 32.3 Å². The number of nitriles is 1. The Hall–Kier alpha value is -4.25. The molecule has 0 bridgehead atoms. The molecule has 0 amide bonds. The van der Waals surface area contributed by atoms with Gasteiger partial charge in [-0.05, 0) is 44.0 Å². The third-order valence-corrected chi connectivity index (χ3v) is 5.33. The fourth-order valence-corrected chi connectivity index (χ4v) is 3.92. The van der Waals surface area contributed by atoms with E-state index in [1.165, 1.54) is 19.1 Å². The van der Waals surface area contributed by atoms with Crippen molar-refractivity contribution in [3.05, 3.63) is 82.3 Å². The van der Waals surface area contributed by atoms with Gasteiger partial charge < -0.3 is 19.9 Å². The molecule has 2 aromatic rings. The second kappa shape index (κ2) is 10.1. The van der Waals surface area contributed by atoms with Gasteiger partial charge in [0, 0.05) is 0 Å². The molecular formula is C26H27N3O5. The number of hydrogen-bond acceptors (Lipinski definition) is 8. The minimum atomic E-state index is -0.928. The maximum Gasteiger partial charge on any atom is 0.355 e. The van der Waals surface area contributed by atoms with Crippen molar-refractivity contribution < 1.29 is 23.8 Å². The summed E-state index contributed by atoms with van der Waals surface area (Å²) in [6, 6.07) is 16.4. The van der Waals surface area contributed by atoms with E-state index in [9.17, 15) is 14.9 Å². The Kier molecular flexibility index (Phi) is 7.27. The highest BCUT2D eigenvalue weighted by Crippen LogP contribution is 2.45. The number of methoxy groups -OCH3 is 2. The molecular weight excluding hydrogens is 434 g/mol. The van der Waals surface area contributed by atoms with Gasteiger partial charge in [-0.1, -0.05) is 36.4 Å². The molecule has 3 rings (SSSR count). The molecule has 0 radical (unpaired) electrons. The third-order valence-electron chi connectivity index (χ3n) is 5.33. The molecule has 0 spiro atoms. The van der Waals surface area contributed by atoms with Gasteiger partial charge in [0.05, 0.1) is 49.1 Å². The highest BCUT2D eigenvalue weighted by atomic mass is 16.5. The number of nitrogens with two attached hydrogens (primary N) is 1. The van der Waals surface area contributed by atoms with Gasteiger partial charge >= 0.3 is 11.9 Å². The topological polar surface area (TPSA) is 115 Å². The number of rotatable bonds is 6. The summed E-state index contributed by atoms with van der Waals surface area (Å²) in [6.45, 7) is 5.59. The quantitative estimate of drug-likeness (QED) is 0.648. The highest BCUT2D eigenvalue weighted by molar-refractivity contribution is 6.06. The first-order chi connectivity index (χ1) is 16.2. The van der Waals surface area contributed by atoms with Gasteiger partial charge in [-0.15, -0.1) is 0 Å². The van der Waals surface area contributed by atoms with E-state index in [0.717, 1.165) is 5.56 Å². The van der Waals surface area contributed by atoms with Crippen LogP contribution in [0.25, 0.3) is 0 Å². The molecule has 1 unspecified atom stereocenters. The minimum absolute atomic E-state index is 0.0105. The first-order valence-electron chi connectivity index (χ1n) is 10.7. The smallest absolute Gasteiger partial charge is 0.355 e. The Morgan fingerprint density at radius 3 is 2.26 bits per heavy atom. The van der Waals surface area contributed by atoms with Crippen molar-refractivity contribution in [2.24, 2.45) is 5.73 Å². The number of anilines is 1. The number of carbonyl (C=O) groups is 2. The van der Waals surface area contributed by atoms with Crippen molar-refractivity contribution in [2.75, 3.05) is 19.1 Å². The van der Waals surface area contributed by atoms with Gasteiger partial charge in [0.1, 0.15) is 17.3 Å². The van der Waals surface area contributed by atoms with E-state index in [1.807, 2.05) is 32.9 Å². The van der Waals surface area contributed by atoms with Crippen LogP contribution in [0, 0.1) is 18.3 Å². The number of nitrogens with zero attached hydrogens (tertiary/aromatic N) is 2. The standard InChI is InChI=1S/C26H27N3O5/c1-15(2)34-20-12-11-16(3)13-19(20)29-23(26(31)33-5)22(25(30)32-4)21(18(14-27)24(29)28)17-9-7-6-8-10-17/h6-13,15,21H,28H2,1-5H3. The Morgan fingerprint density at radius 1 is 1.06 bits per heavy atom. The molecule has 176 valence electrons. The molecule has 0 saturated carbocycles. The van der Waals surface area contributed by atoms with Crippen LogP contribution in [0.1, 0.15) is 30.9 Å². The summed E-state index contributed by atoms with van der Waals surface area (Å²) in [6.07, 6.45) is -0.186. The van der Waals surface area contributed by atoms with Gasteiger partial charge in [-0.3, -0.25) is 4.90 Å². The molecule has 0 aromatic heterocycles. The largest absolute Gasteiger partial charge is 0.489 e. The summed E-state index contributed by atoms with van der Waals surface area (Å²) in [4.78, 5) is 27.7. The maximum absolute atomic E-state index is 13.2. The fourth-order valence-electron chi connectivity index (χ4n) is 3.92. The van der Waals surface area contributed by atoms with Crippen LogP contribution in [0.5, 0.6) is 5.75 Å². The lowest BCUT2D eigenvalue weighted by Gasteiger charge is -2.36. The second-order valence-electron chi connectivity index (χ2n) is 7.97. The molecule has 1 aliphatic rings. The molecule has 34 heavy (non-hydrogen) atoms. The van der Waals surface area contributed by atoms with E-state index in [-0.39, 0.29) is 28.8 Å². The van der Waals surface area contributed by atoms with Crippen LogP contribution < -0.4 is 15.4 Å². The number of esters is 2. The van der Waals surface area contributed by atoms with Crippen molar-refractivity contribution in [1.29, 1.82) is 5.26 Å². The minimum Gasteiger partial charge on any atom is -0.489 e. The Bertz CT molecular complexity index is 1210. The van der Waals surface area contributed by atoms with Gasteiger partial charge in [-0.25, -0.2) is 9.59 Å². The van der Waals surface area contributed by atoms with Crippen LogP contribution in [0.15, 0.2) is 71.2 Å². The summed E-state index contributed by atoms with van der Waals surface area (Å²) in [5, 5.41) is 10.1. The Morgan fingerprint density at radius 2 is 1.71 bits per heavy atom. The molecule has 1 aliphatic heterocycles. The number of hydrogen-bond donors (Lipinski definition) is 1. The zero-order valence-electron chi connectivity index (χ0n) is 19.8. The monoisotopic (exact) mass is 461 g/mol. The average Bonchev–Trinajstić information content (AvgIpc) is 2.83. The number of benzene rings is 2. The molecule has 1 atom stereocenters. The van der Waals surface area contributed by atoms with Crippen molar-refractivity contribution in [3.8, 4) is 11.8 Å². The Balaban J connectivity index is 2.45. The van der Waals surface area contributed by atoms with Crippen LogP contribution in [0.2, 0.25) is 0 Å². The Labute approximate surface area is 198 Å². The molecule has 2 aromatic carbocycles. The summed E-state index contributed by atoms with van der Waals surface area (Å²) in [7, 11) is 2.42. The van der Waals surface area contributed by atoms with Gasteiger partial charge in [0.2, 0.25) is 0 Å². The fraction of sp³-hybridized carbons (Fsp3) is 0.269. The zero-order chi connectivity index (χ0) is 25.0. The lowest BCUT2D eigenvalue weighted by Crippen LogP contribution is -2.41. The average molecular weight is 462 g/mol. The predicted octanol–water partition coefficient (Wildman–Crippen LogP) is 3.68. The maximum atomic E-state index is 13.2. The molecule has 1 heterocycles. The van der Waals surface area contributed by atoms with Crippen LogP contribution in [0.4, 0.5) is 5.69 Å². The van der Waals surface area contributed by atoms with E-state index < -0.39 is 17.9 Å². The van der Waals surface area contributed by atoms with Crippen LogP contribution in [0.3, 0.4) is 0 Å². The SMILES string of the molecule is COC(=O)C1=C(C(=O)OC)N(c2cc(C)ccc2OC(C)C)C(N)=C(C#N)C1c1ccccc1. The van der Waals surface area contributed by atoms with E-state index in [0.29, 0.717) is 17.0 Å². The van der Waals surface area contributed by atoms with Gasteiger partial charge in [0.15, 0.2) is 0 Å². The summed E-state index contributed by atoms with van der Waals surface area (Å²) >= 11 is 0. The molecule has 0 saturated heterocycles. The normalized spacial score (nSPS) is 15.8. The molecule has 0 aliphatic carbocycles. The van der Waals surface area contributed by atoms with E-state index in [4.69, 9.17) is 19.9 Å². The van der Waals surface area contributed by atoms with E-state index in [1.54, 1.807) is 36.4 Å². The van der Waals surface area contributed by atoms with Gasteiger partial charge in [0.25, 0.3) is 0 Å². The highest BCUT2D eigenvalue weighted by Gasteiger charge is 2.43. The first kappa shape index (κ1) is 24.4. The second-order valence-corrected chi connectivity index (χ2v) is 7.97. The van der Waals surface area contributed by atoms with E-state index >= 15 is 0 Å². The van der Waals surface area contributed by atoms with Crippen molar-refractivity contribution in [1.82, 2.24) is 0 Å². The number of ether oxygens (including phenoxy) is 3. The molecule has 8 heteroatoms. The van der Waals surface area contributed by atoms with E-state index in [2.05, 4.69) is 6.07 Å². The molecule has 2 N–H and O–H groups in total. The summed E-state index contributed by atoms with van der Waals surface area (Å²) in [5.41, 5.74) is 8.32. The van der Waals surface area contributed by atoms with Crippen molar-refractivity contribution >= 4 is 17.6 Å². The van der Waals surface area contributed by atoms with Gasteiger partial charge in [-0.2, -0.15) is 5.26 Å². The van der Waals surface area contributed by atoms with Crippen LogP contribution >= 0.6 is 0 Å². The lowest BCUT2D eigenvalue weighted by atomic mass is 9.81. The number of allylic oxidation sites excluding steroid dienone is 1. The van der Waals surface area contributed by atoms with Crippen molar-refractivity contribution in [3.63, 3.8) is 0 Å². The predicted molar refractivity (Wildman–Crippen MR) is 126 cm³/mol. The first-order valence-corrected chi connectivity index (χ1v) is 10.7. The number of aryl methyl sites for hydroxylation is 1. The lowest BCUT2D eigenvalue weighted by molar-refractivity contribution is -0.139. The summed E-state index contributed by atoms with van der Waals surface area (Å²) < 4.78 is 16.1. The third kappa shape index (κ3) is 4.46. The zero-order valence-corrected chi connectivity index (χ0v) is 19.8. The summed E-state index contributed by atoms with van der Waals surface area (Å²) in [5.74, 6) is -2.10. The van der Waals surface area contributed by atoms with Crippen LogP contribution in [-0.2, 0) is 19.1 Å². The van der Waals surface area contributed by atoms with Crippen molar-refractivity contribution in [2.45, 2.75) is 32.8 Å².